The fraction of sp³-hybridized carbons (Fsp3) is 0.714. The molecule has 1 saturated heterocycles. The molecule has 62 valence electrons. The third-order valence-corrected chi connectivity index (χ3v) is 1.45. The Balaban J connectivity index is 2.09. The lowest BCUT2D eigenvalue weighted by Gasteiger charge is -2.20. The maximum absolute atomic E-state index is 10.1. The molecule has 0 aliphatic carbocycles. The van der Waals surface area contributed by atoms with Crippen molar-refractivity contribution >= 4 is 5.97 Å². The Morgan fingerprint density at radius 3 is 3.18 bits per heavy atom. The monoisotopic (exact) mass is 157 g/mol. The summed E-state index contributed by atoms with van der Waals surface area (Å²) in [5, 5.41) is 12.4. The maximum atomic E-state index is 10.1. The van der Waals surface area contributed by atoms with Crippen molar-refractivity contribution in [2.75, 3.05) is 19.7 Å². The molecule has 1 aliphatic rings. The second-order valence-electron chi connectivity index (χ2n) is 2.40. The highest BCUT2D eigenvalue weighted by Gasteiger charge is 2.15. The van der Waals surface area contributed by atoms with Crippen molar-refractivity contribution in [3.63, 3.8) is 0 Å². The largest absolute Gasteiger partial charge is 0.480 e. The third kappa shape index (κ3) is 3.34. The van der Waals surface area contributed by atoms with E-state index in [9.17, 15) is 4.79 Å². The van der Waals surface area contributed by atoms with Crippen LogP contribution < -0.4 is 5.32 Å². The molecule has 0 bridgehead atoms. The third-order valence-electron chi connectivity index (χ3n) is 1.45. The highest BCUT2D eigenvalue weighted by Crippen LogP contribution is 2.04. The molecule has 1 rings (SSSR count). The normalized spacial score (nSPS) is 24.9. The molecule has 0 saturated carbocycles. The highest BCUT2D eigenvalue weighted by atomic mass is 16.5. The first-order valence-electron chi connectivity index (χ1n) is 3.59. The molecule has 1 N–H and O–H groups in total. The number of carboxylic acids is 1. The van der Waals surface area contributed by atoms with Gasteiger partial charge in [-0.15, -0.1) is 0 Å². The van der Waals surface area contributed by atoms with Crippen LogP contribution in [0.25, 0.3) is 0 Å². The number of carboxylic acid groups (broad SMARTS) is 1. The number of nitrogens with zero attached hydrogens (tertiary/aromatic N) is 1. The predicted molar refractivity (Wildman–Crippen MR) is 38.2 cm³/mol. The van der Waals surface area contributed by atoms with Gasteiger partial charge in [-0.25, -0.2) is 10.1 Å². The molecular formula is C7H11NO3. The second kappa shape index (κ2) is 4.31. The summed E-state index contributed by atoms with van der Waals surface area (Å²) in [6.45, 7) is 1.22. The zero-order valence-corrected chi connectivity index (χ0v) is 6.19. The Kier molecular flexibility index (Phi) is 3.32. The summed E-state index contributed by atoms with van der Waals surface area (Å²) in [4.78, 5) is 10.1. The molecule has 4 nitrogen and oxygen atoms in total. The van der Waals surface area contributed by atoms with Gasteiger partial charge in [-0.2, -0.15) is 0 Å². The molecular weight excluding hydrogens is 146 g/mol. The van der Waals surface area contributed by atoms with E-state index in [0.717, 1.165) is 13.0 Å². The van der Waals surface area contributed by atoms with Crippen LogP contribution in [0.3, 0.4) is 0 Å². The predicted octanol–water partition coefficient (Wildman–Crippen LogP) is -0.331. The van der Waals surface area contributed by atoms with Gasteiger partial charge in [-0.1, -0.05) is 0 Å². The Morgan fingerprint density at radius 1 is 1.82 bits per heavy atom. The highest BCUT2D eigenvalue weighted by molar-refractivity contribution is 5.68. The quantitative estimate of drug-likeness (QED) is 0.610. The maximum Gasteiger partial charge on any atom is 0.329 e. The SMILES string of the molecule is O=C(O)COC1[CH]CC[N]C1. The zero-order chi connectivity index (χ0) is 8.10. The number of hydrogen-bond acceptors (Lipinski definition) is 2. The number of ether oxygens (including phenoxy) is 1. The Bertz CT molecular complexity index is 132. The van der Waals surface area contributed by atoms with Crippen molar-refractivity contribution < 1.29 is 14.6 Å². The van der Waals surface area contributed by atoms with E-state index in [1.165, 1.54) is 0 Å². The van der Waals surface area contributed by atoms with E-state index in [2.05, 4.69) is 5.32 Å². The van der Waals surface area contributed by atoms with E-state index >= 15 is 0 Å². The first-order valence-corrected chi connectivity index (χ1v) is 3.59. The van der Waals surface area contributed by atoms with Crippen molar-refractivity contribution in [1.29, 1.82) is 0 Å². The zero-order valence-electron chi connectivity index (χ0n) is 6.19. The van der Waals surface area contributed by atoms with Gasteiger partial charge in [0.2, 0.25) is 0 Å². The van der Waals surface area contributed by atoms with Crippen LogP contribution in [0.5, 0.6) is 0 Å². The number of rotatable bonds is 3. The first kappa shape index (κ1) is 8.49. The number of carbonyl (C=O) groups is 1. The van der Waals surface area contributed by atoms with Crippen molar-refractivity contribution in [1.82, 2.24) is 5.32 Å². The molecule has 0 aromatic rings. The minimum atomic E-state index is -0.927. The lowest BCUT2D eigenvalue weighted by atomic mass is 10.1. The summed E-state index contributed by atoms with van der Waals surface area (Å²) < 4.78 is 5.00. The molecule has 1 aliphatic heterocycles. The topological polar surface area (TPSA) is 60.6 Å². The number of piperidine rings is 1. The van der Waals surface area contributed by atoms with E-state index in [1.54, 1.807) is 0 Å². The minimum Gasteiger partial charge on any atom is -0.480 e. The summed E-state index contributed by atoms with van der Waals surface area (Å²) in [5.41, 5.74) is 0. The molecule has 11 heavy (non-hydrogen) atoms. The van der Waals surface area contributed by atoms with E-state index < -0.39 is 5.97 Å². The lowest BCUT2D eigenvalue weighted by Crippen LogP contribution is -2.32. The van der Waals surface area contributed by atoms with Crippen molar-refractivity contribution in [3.05, 3.63) is 6.42 Å². The average Bonchev–Trinajstić information content (AvgIpc) is 2.03. The van der Waals surface area contributed by atoms with Crippen LogP contribution in [0.1, 0.15) is 6.42 Å². The summed E-state index contributed by atoms with van der Waals surface area (Å²) in [7, 11) is 0. The van der Waals surface area contributed by atoms with Crippen LogP contribution in [0.15, 0.2) is 0 Å². The van der Waals surface area contributed by atoms with E-state index in [4.69, 9.17) is 9.84 Å². The van der Waals surface area contributed by atoms with Gasteiger partial charge in [0.1, 0.15) is 6.61 Å². The second-order valence-corrected chi connectivity index (χ2v) is 2.40. The average molecular weight is 157 g/mol. The molecule has 0 aromatic carbocycles. The van der Waals surface area contributed by atoms with Crippen LogP contribution in [-0.4, -0.2) is 36.9 Å². The van der Waals surface area contributed by atoms with Gasteiger partial charge in [-0.3, -0.25) is 0 Å². The Labute approximate surface area is 65.5 Å². The van der Waals surface area contributed by atoms with Crippen LogP contribution in [0, 0.1) is 6.42 Å². The van der Waals surface area contributed by atoms with Crippen molar-refractivity contribution in [3.8, 4) is 0 Å². The van der Waals surface area contributed by atoms with Gasteiger partial charge in [0.05, 0.1) is 6.10 Å². The van der Waals surface area contributed by atoms with Crippen LogP contribution >= 0.6 is 0 Å². The number of aliphatic carboxylic acids is 1. The lowest BCUT2D eigenvalue weighted by molar-refractivity contribution is -0.143. The van der Waals surface area contributed by atoms with Gasteiger partial charge >= 0.3 is 5.97 Å². The van der Waals surface area contributed by atoms with Crippen molar-refractivity contribution in [2.24, 2.45) is 0 Å². The molecule has 1 unspecified atom stereocenters. The molecule has 2 radical (unpaired) electrons. The van der Waals surface area contributed by atoms with Crippen LogP contribution in [0.4, 0.5) is 0 Å². The molecule has 4 heteroatoms. The fourth-order valence-corrected chi connectivity index (χ4v) is 0.944. The standard InChI is InChI=1S/C7H11NO3/c9-7(10)5-11-6-2-1-3-8-4-6/h2,6H,1,3-5H2,(H,9,10). The van der Waals surface area contributed by atoms with Gasteiger partial charge in [0.15, 0.2) is 0 Å². The molecule has 0 aromatic heterocycles. The molecule has 1 fully saturated rings. The Morgan fingerprint density at radius 2 is 2.64 bits per heavy atom. The molecule has 1 heterocycles. The number of hydrogen-bond donors (Lipinski definition) is 1. The Hall–Kier alpha value is -0.610. The molecule has 0 amide bonds. The first-order chi connectivity index (χ1) is 5.29. The van der Waals surface area contributed by atoms with Crippen molar-refractivity contribution in [2.45, 2.75) is 12.5 Å². The van der Waals surface area contributed by atoms with E-state index in [1.807, 2.05) is 6.42 Å². The summed E-state index contributed by atoms with van der Waals surface area (Å²) in [6.07, 6.45) is 2.78. The van der Waals surface area contributed by atoms with Crippen LogP contribution in [0.2, 0.25) is 0 Å². The summed E-state index contributed by atoms with van der Waals surface area (Å²) in [6, 6.07) is 0. The van der Waals surface area contributed by atoms with E-state index in [-0.39, 0.29) is 12.7 Å². The fourth-order valence-electron chi connectivity index (χ4n) is 0.944. The van der Waals surface area contributed by atoms with Crippen LogP contribution in [-0.2, 0) is 9.53 Å². The van der Waals surface area contributed by atoms with E-state index in [0.29, 0.717) is 6.54 Å². The van der Waals surface area contributed by atoms with Gasteiger partial charge in [0.25, 0.3) is 0 Å². The molecule has 0 spiro atoms. The minimum absolute atomic E-state index is 0.0835. The van der Waals surface area contributed by atoms with Gasteiger partial charge in [-0.05, 0) is 12.8 Å². The smallest absolute Gasteiger partial charge is 0.329 e. The summed E-state index contributed by atoms with van der Waals surface area (Å²) in [5.74, 6) is -0.927. The summed E-state index contributed by atoms with van der Waals surface area (Å²) >= 11 is 0. The van der Waals surface area contributed by atoms with Gasteiger partial charge < -0.3 is 9.84 Å². The van der Waals surface area contributed by atoms with Gasteiger partial charge in [0, 0.05) is 13.1 Å². The molecule has 1 atom stereocenters.